The summed E-state index contributed by atoms with van der Waals surface area (Å²) in [6.07, 6.45) is 2.46. The van der Waals surface area contributed by atoms with Gasteiger partial charge in [-0.1, -0.05) is 20.8 Å². The van der Waals surface area contributed by atoms with Crippen LogP contribution in [0.15, 0.2) is 0 Å². The second kappa shape index (κ2) is 4.86. The van der Waals surface area contributed by atoms with Gasteiger partial charge in [0.25, 0.3) is 0 Å². The van der Waals surface area contributed by atoms with E-state index in [-0.39, 0.29) is 5.91 Å². The molecule has 0 atom stereocenters. The summed E-state index contributed by atoms with van der Waals surface area (Å²) in [5.41, 5.74) is -0.703. The Morgan fingerprint density at radius 2 is 2.12 bits per heavy atom. The van der Waals surface area contributed by atoms with Crippen molar-refractivity contribution < 1.29 is 4.79 Å². The van der Waals surface area contributed by atoms with Gasteiger partial charge in [0.15, 0.2) is 0 Å². The van der Waals surface area contributed by atoms with Gasteiger partial charge in [-0.2, -0.15) is 5.26 Å². The zero-order chi connectivity index (χ0) is 12.3. The first-order chi connectivity index (χ1) is 7.41. The van der Waals surface area contributed by atoms with Gasteiger partial charge in [-0.15, -0.1) is 0 Å². The predicted octanol–water partition coefficient (Wildman–Crippen LogP) is 2.43. The van der Waals surface area contributed by atoms with Gasteiger partial charge in [0.2, 0.25) is 5.91 Å². The molecular formula is C13H22N2O. The Kier molecular flexibility index (Phi) is 3.96. The summed E-state index contributed by atoms with van der Waals surface area (Å²) in [5.74, 6) is 1.13. The van der Waals surface area contributed by atoms with Gasteiger partial charge in [-0.25, -0.2) is 0 Å². The normalized spacial score (nSPS) is 28.4. The topological polar surface area (TPSA) is 44.1 Å². The molecule has 0 bridgehead atoms. The molecule has 0 aromatic carbocycles. The van der Waals surface area contributed by atoms with Crippen molar-refractivity contribution >= 4 is 5.91 Å². The molecule has 16 heavy (non-hydrogen) atoms. The van der Waals surface area contributed by atoms with Crippen LogP contribution in [0.5, 0.6) is 0 Å². The Hall–Kier alpha value is -1.04. The first kappa shape index (κ1) is 13.0. The molecule has 3 heteroatoms. The summed E-state index contributed by atoms with van der Waals surface area (Å²) >= 11 is 0. The first-order valence-electron chi connectivity index (χ1n) is 6.08. The standard InChI is InChI=1S/C13H22N2O/c1-10(2)5-6-15(4)12(16)13(9-14)7-11(3)8-13/h10-11H,5-8H2,1-4H3. The number of rotatable bonds is 4. The summed E-state index contributed by atoms with van der Waals surface area (Å²) in [6, 6.07) is 2.22. The average Bonchev–Trinajstić information content (AvgIpc) is 2.19. The average molecular weight is 222 g/mol. The predicted molar refractivity (Wildman–Crippen MR) is 63.5 cm³/mol. The van der Waals surface area contributed by atoms with Crippen LogP contribution in [0.4, 0.5) is 0 Å². The van der Waals surface area contributed by atoms with E-state index < -0.39 is 5.41 Å². The lowest BCUT2D eigenvalue weighted by Gasteiger charge is -2.41. The van der Waals surface area contributed by atoms with Crippen LogP contribution in [0.1, 0.15) is 40.0 Å². The Bertz CT molecular complexity index is 298. The second-order valence-electron chi connectivity index (χ2n) is 5.62. The SMILES string of the molecule is CC(C)CCN(C)C(=O)C1(C#N)CC(C)C1. The van der Waals surface area contributed by atoms with E-state index in [1.165, 1.54) is 0 Å². The minimum atomic E-state index is -0.703. The van der Waals surface area contributed by atoms with E-state index in [4.69, 9.17) is 5.26 Å². The summed E-state index contributed by atoms with van der Waals surface area (Å²) < 4.78 is 0. The lowest BCUT2D eigenvalue weighted by Crippen LogP contribution is -2.49. The first-order valence-corrected chi connectivity index (χ1v) is 6.08. The molecule has 3 nitrogen and oxygen atoms in total. The van der Waals surface area contributed by atoms with E-state index in [0.717, 1.165) is 25.8 Å². The van der Waals surface area contributed by atoms with Gasteiger partial charge in [0.1, 0.15) is 5.41 Å². The molecule has 0 spiro atoms. The van der Waals surface area contributed by atoms with Gasteiger partial charge in [0, 0.05) is 13.6 Å². The molecule has 1 fully saturated rings. The summed E-state index contributed by atoms with van der Waals surface area (Å²) in [5, 5.41) is 9.15. The maximum atomic E-state index is 12.1. The molecule has 0 heterocycles. The van der Waals surface area contributed by atoms with Crippen LogP contribution in [0.3, 0.4) is 0 Å². The van der Waals surface area contributed by atoms with Crippen molar-refractivity contribution in [3.63, 3.8) is 0 Å². The van der Waals surface area contributed by atoms with Crippen LogP contribution in [0.25, 0.3) is 0 Å². The van der Waals surface area contributed by atoms with E-state index in [1.54, 1.807) is 4.90 Å². The molecule has 0 N–H and O–H groups in total. The highest BCUT2D eigenvalue weighted by atomic mass is 16.2. The number of carbonyl (C=O) groups excluding carboxylic acids is 1. The van der Waals surface area contributed by atoms with Crippen LogP contribution in [-0.2, 0) is 4.79 Å². The minimum Gasteiger partial charge on any atom is -0.344 e. The smallest absolute Gasteiger partial charge is 0.242 e. The number of nitriles is 1. The third kappa shape index (κ3) is 2.55. The summed E-state index contributed by atoms with van der Waals surface area (Å²) in [7, 11) is 1.81. The van der Waals surface area contributed by atoms with Crippen molar-refractivity contribution in [1.29, 1.82) is 5.26 Å². The van der Waals surface area contributed by atoms with Gasteiger partial charge < -0.3 is 4.90 Å². The Labute approximate surface area is 98.4 Å². The molecule has 90 valence electrons. The number of amides is 1. The molecular weight excluding hydrogens is 200 g/mol. The molecule has 1 aliphatic carbocycles. The third-order valence-corrected chi connectivity index (χ3v) is 3.41. The Balaban J connectivity index is 2.53. The summed E-state index contributed by atoms with van der Waals surface area (Å²) in [6.45, 7) is 7.14. The molecule has 0 aliphatic heterocycles. The van der Waals surface area contributed by atoms with Crippen molar-refractivity contribution in [2.24, 2.45) is 17.3 Å². The van der Waals surface area contributed by atoms with E-state index in [1.807, 2.05) is 7.05 Å². The van der Waals surface area contributed by atoms with Crippen molar-refractivity contribution in [3.05, 3.63) is 0 Å². The fourth-order valence-electron chi connectivity index (χ4n) is 2.36. The zero-order valence-electron chi connectivity index (χ0n) is 10.8. The lowest BCUT2D eigenvalue weighted by atomic mass is 9.63. The number of carbonyl (C=O) groups is 1. The molecule has 1 aliphatic rings. The number of hydrogen-bond acceptors (Lipinski definition) is 2. The van der Waals surface area contributed by atoms with Crippen LogP contribution >= 0.6 is 0 Å². The maximum absolute atomic E-state index is 12.1. The fraction of sp³-hybridized carbons (Fsp3) is 0.846. The van der Waals surface area contributed by atoms with Crippen LogP contribution in [0, 0.1) is 28.6 Å². The molecule has 1 amide bonds. The van der Waals surface area contributed by atoms with Crippen molar-refractivity contribution in [2.45, 2.75) is 40.0 Å². The zero-order valence-corrected chi connectivity index (χ0v) is 10.8. The largest absolute Gasteiger partial charge is 0.344 e. The number of hydrogen-bond donors (Lipinski definition) is 0. The molecule has 0 aromatic rings. The summed E-state index contributed by atoms with van der Waals surface area (Å²) in [4.78, 5) is 13.9. The highest BCUT2D eigenvalue weighted by Crippen LogP contribution is 2.46. The minimum absolute atomic E-state index is 0.0220. The molecule has 1 saturated carbocycles. The third-order valence-electron chi connectivity index (χ3n) is 3.41. The number of nitrogens with zero attached hydrogens (tertiary/aromatic N) is 2. The molecule has 0 unspecified atom stereocenters. The van der Waals surface area contributed by atoms with E-state index in [0.29, 0.717) is 11.8 Å². The van der Waals surface area contributed by atoms with E-state index in [2.05, 4.69) is 26.8 Å². The van der Waals surface area contributed by atoms with Gasteiger partial charge >= 0.3 is 0 Å². The molecule has 0 aromatic heterocycles. The van der Waals surface area contributed by atoms with Gasteiger partial charge in [-0.3, -0.25) is 4.79 Å². The highest BCUT2D eigenvalue weighted by molar-refractivity contribution is 5.86. The fourth-order valence-corrected chi connectivity index (χ4v) is 2.36. The molecule has 0 saturated heterocycles. The maximum Gasteiger partial charge on any atom is 0.242 e. The van der Waals surface area contributed by atoms with Crippen molar-refractivity contribution in [1.82, 2.24) is 4.90 Å². The monoisotopic (exact) mass is 222 g/mol. The van der Waals surface area contributed by atoms with Gasteiger partial charge in [-0.05, 0) is 31.1 Å². The van der Waals surface area contributed by atoms with Crippen molar-refractivity contribution in [3.8, 4) is 6.07 Å². The van der Waals surface area contributed by atoms with Crippen LogP contribution in [0.2, 0.25) is 0 Å². The molecule has 0 radical (unpaired) electrons. The highest BCUT2D eigenvalue weighted by Gasteiger charge is 2.50. The quantitative estimate of drug-likeness (QED) is 0.733. The van der Waals surface area contributed by atoms with Crippen LogP contribution in [-0.4, -0.2) is 24.4 Å². The van der Waals surface area contributed by atoms with E-state index >= 15 is 0 Å². The Morgan fingerprint density at radius 3 is 2.50 bits per heavy atom. The van der Waals surface area contributed by atoms with Crippen molar-refractivity contribution in [2.75, 3.05) is 13.6 Å². The second-order valence-corrected chi connectivity index (χ2v) is 5.62. The lowest BCUT2D eigenvalue weighted by molar-refractivity contribution is -0.144. The Morgan fingerprint density at radius 1 is 1.56 bits per heavy atom. The molecule has 1 rings (SSSR count). The van der Waals surface area contributed by atoms with Gasteiger partial charge in [0.05, 0.1) is 6.07 Å². The van der Waals surface area contributed by atoms with E-state index in [9.17, 15) is 4.79 Å². The van der Waals surface area contributed by atoms with Crippen LogP contribution < -0.4 is 0 Å².